The van der Waals surface area contributed by atoms with Crippen molar-refractivity contribution in [3.63, 3.8) is 0 Å². The first-order valence-corrected chi connectivity index (χ1v) is 9.36. The molecule has 0 spiro atoms. The molecule has 7 heteroatoms. The Morgan fingerprint density at radius 1 is 1.19 bits per heavy atom. The van der Waals surface area contributed by atoms with E-state index in [2.05, 4.69) is 29.8 Å². The van der Waals surface area contributed by atoms with Crippen LogP contribution in [-0.2, 0) is 12.8 Å². The van der Waals surface area contributed by atoms with Crippen molar-refractivity contribution in [3.8, 4) is 0 Å². The summed E-state index contributed by atoms with van der Waals surface area (Å²) in [5, 5.41) is 8.92. The highest BCUT2D eigenvalue weighted by atomic mass is 16.2. The zero-order valence-electron chi connectivity index (χ0n) is 16.5. The Hall–Kier alpha value is -2.31. The Balaban J connectivity index is 2.24. The molecule has 7 nitrogen and oxygen atoms in total. The number of carbonyl (C=O) groups excluding carboxylic acids is 2. The molecule has 1 aliphatic heterocycles. The number of amides is 3. The van der Waals surface area contributed by atoms with Gasteiger partial charge in [0.15, 0.2) is 0 Å². The average Bonchev–Trinajstić information content (AvgIpc) is 2.79. The fraction of sp³-hybridized carbons (Fsp3) is 0.632. The van der Waals surface area contributed by atoms with Gasteiger partial charge in [0.2, 0.25) is 0 Å². The summed E-state index contributed by atoms with van der Waals surface area (Å²) >= 11 is 0. The molecule has 0 saturated heterocycles. The van der Waals surface area contributed by atoms with Crippen LogP contribution in [0.3, 0.4) is 0 Å². The highest BCUT2D eigenvalue weighted by molar-refractivity contribution is 5.98. The molecule has 3 amide bonds. The molecule has 0 unspecified atom stereocenters. The summed E-state index contributed by atoms with van der Waals surface area (Å²) in [6, 6.07) is 1.99. The van der Waals surface area contributed by atoms with Gasteiger partial charge in [-0.05, 0) is 37.8 Å². The molecule has 0 bridgehead atoms. The highest BCUT2D eigenvalue weighted by Crippen LogP contribution is 2.22. The Kier molecular flexibility index (Phi) is 6.83. The molecule has 26 heavy (non-hydrogen) atoms. The number of anilines is 1. The van der Waals surface area contributed by atoms with Crippen molar-refractivity contribution in [2.24, 2.45) is 5.92 Å². The molecule has 0 atom stereocenters. The second kappa shape index (κ2) is 8.87. The fourth-order valence-corrected chi connectivity index (χ4v) is 2.92. The lowest BCUT2D eigenvalue weighted by atomic mass is 10.0. The van der Waals surface area contributed by atoms with Crippen LogP contribution >= 0.6 is 0 Å². The van der Waals surface area contributed by atoms with Gasteiger partial charge in [0.05, 0.1) is 5.56 Å². The molecule has 3 N–H and O–H groups in total. The van der Waals surface area contributed by atoms with Crippen molar-refractivity contribution in [2.75, 3.05) is 32.0 Å². The van der Waals surface area contributed by atoms with Gasteiger partial charge in [-0.3, -0.25) is 4.79 Å². The number of pyridine rings is 1. The fourth-order valence-electron chi connectivity index (χ4n) is 2.92. The molecule has 1 aromatic heterocycles. The Labute approximate surface area is 155 Å². The van der Waals surface area contributed by atoms with Gasteiger partial charge >= 0.3 is 6.03 Å². The van der Waals surface area contributed by atoms with E-state index in [1.807, 2.05) is 24.8 Å². The van der Waals surface area contributed by atoms with E-state index in [1.165, 1.54) is 0 Å². The van der Waals surface area contributed by atoms with Crippen LogP contribution in [0.4, 0.5) is 10.6 Å². The number of rotatable bonds is 5. The monoisotopic (exact) mass is 361 g/mol. The van der Waals surface area contributed by atoms with Crippen molar-refractivity contribution in [1.29, 1.82) is 0 Å². The molecule has 0 saturated carbocycles. The van der Waals surface area contributed by atoms with E-state index in [4.69, 9.17) is 4.98 Å². The van der Waals surface area contributed by atoms with Gasteiger partial charge in [0, 0.05) is 44.8 Å². The molecule has 144 valence electrons. The summed E-state index contributed by atoms with van der Waals surface area (Å²) in [5.41, 5.74) is 2.56. The number of urea groups is 1. The number of hydrogen-bond donors (Lipinski definition) is 3. The van der Waals surface area contributed by atoms with Gasteiger partial charge in [-0.2, -0.15) is 0 Å². The third kappa shape index (κ3) is 5.09. The van der Waals surface area contributed by atoms with E-state index in [0.717, 1.165) is 17.8 Å². The molecule has 1 aliphatic rings. The number of fused-ring (bicyclic) bond motifs is 1. The second-order valence-electron chi connectivity index (χ2n) is 7.44. The maximum absolute atomic E-state index is 12.3. The lowest BCUT2D eigenvalue weighted by molar-refractivity contribution is 0.0963. The molecule has 2 rings (SSSR count). The molecule has 2 heterocycles. The van der Waals surface area contributed by atoms with Gasteiger partial charge in [-0.25, -0.2) is 9.78 Å². The van der Waals surface area contributed by atoms with Crippen LogP contribution in [0.1, 0.15) is 49.3 Å². The molecular weight excluding hydrogens is 330 g/mol. The first-order valence-electron chi connectivity index (χ1n) is 9.36. The average molecular weight is 361 g/mol. The second-order valence-corrected chi connectivity index (χ2v) is 7.44. The minimum atomic E-state index is -0.148. The van der Waals surface area contributed by atoms with Crippen molar-refractivity contribution in [3.05, 3.63) is 22.9 Å². The molecule has 0 aliphatic carbocycles. The zero-order chi connectivity index (χ0) is 19.3. The standard InChI is InChI=1S/C19H31N5O2/c1-12(2)11-21-17-15(18(25)20-5)10-14-6-8-24(9-7-16(14)23-17)19(26)22-13(3)4/h10,12-13H,6-9,11H2,1-5H3,(H,20,25)(H,21,23)(H,22,26). The van der Waals surface area contributed by atoms with Crippen LogP contribution in [0.25, 0.3) is 0 Å². The number of nitrogens with one attached hydrogen (secondary N) is 3. The van der Waals surface area contributed by atoms with Gasteiger partial charge in [0.25, 0.3) is 5.91 Å². The van der Waals surface area contributed by atoms with E-state index in [0.29, 0.717) is 43.2 Å². The quantitative estimate of drug-likeness (QED) is 0.749. The SMILES string of the molecule is CNC(=O)c1cc2c(nc1NCC(C)C)CCN(C(=O)NC(C)C)CC2. The number of hydrogen-bond acceptors (Lipinski definition) is 4. The Morgan fingerprint density at radius 3 is 2.50 bits per heavy atom. The van der Waals surface area contributed by atoms with Crippen LogP contribution in [0, 0.1) is 5.92 Å². The topological polar surface area (TPSA) is 86.4 Å². The zero-order valence-corrected chi connectivity index (χ0v) is 16.5. The maximum Gasteiger partial charge on any atom is 0.317 e. The summed E-state index contributed by atoms with van der Waals surface area (Å²) in [7, 11) is 1.62. The lowest BCUT2D eigenvalue weighted by Gasteiger charge is -2.22. The van der Waals surface area contributed by atoms with Crippen LogP contribution in [-0.4, -0.2) is 54.5 Å². The van der Waals surface area contributed by atoms with E-state index >= 15 is 0 Å². The largest absolute Gasteiger partial charge is 0.369 e. The number of carbonyl (C=O) groups is 2. The Bertz CT molecular complexity index is 658. The summed E-state index contributed by atoms with van der Waals surface area (Å²) in [6.45, 7) is 10.1. The van der Waals surface area contributed by atoms with E-state index in [-0.39, 0.29) is 18.0 Å². The van der Waals surface area contributed by atoms with Gasteiger partial charge in [-0.1, -0.05) is 13.8 Å². The maximum atomic E-state index is 12.3. The third-order valence-electron chi connectivity index (χ3n) is 4.31. The molecule has 0 fully saturated rings. The number of aromatic nitrogens is 1. The van der Waals surface area contributed by atoms with Crippen LogP contribution in [0.15, 0.2) is 6.07 Å². The lowest BCUT2D eigenvalue weighted by Crippen LogP contribution is -2.44. The first kappa shape index (κ1) is 20.0. The van der Waals surface area contributed by atoms with Crippen molar-refractivity contribution in [1.82, 2.24) is 20.5 Å². The summed E-state index contributed by atoms with van der Waals surface area (Å²) in [5.74, 6) is 0.922. The summed E-state index contributed by atoms with van der Waals surface area (Å²) in [6.07, 6.45) is 1.38. The van der Waals surface area contributed by atoms with Crippen LogP contribution < -0.4 is 16.0 Å². The minimum Gasteiger partial charge on any atom is -0.369 e. The molecule has 0 radical (unpaired) electrons. The van der Waals surface area contributed by atoms with Crippen molar-refractivity contribution in [2.45, 2.75) is 46.6 Å². The number of nitrogens with zero attached hydrogens (tertiary/aromatic N) is 2. The van der Waals surface area contributed by atoms with Crippen molar-refractivity contribution < 1.29 is 9.59 Å². The van der Waals surface area contributed by atoms with E-state index in [1.54, 1.807) is 7.05 Å². The van der Waals surface area contributed by atoms with Crippen LogP contribution in [0.2, 0.25) is 0 Å². The smallest absolute Gasteiger partial charge is 0.317 e. The van der Waals surface area contributed by atoms with Crippen molar-refractivity contribution >= 4 is 17.8 Å². The van der Waals surface area contributed by atoms with Gasteiger partial charge in [-0.15, -0.1) is 0 Å². The molecular formula is C19H31N5O2. The van der Waals surface area contributed by atoms with Crippen LogP contribution in [0.5, 0.6) is 0 Å². The molecule has 1 aromatic rings. The van der Waals surface area contributed by atoms with Gasteiger partial charge < -0.3 is 20.9 Å². The highest BCUT2D eigenvalue weighted by Gasteiger charge is 2.23. The van der Waals surface area contributed by atoms with E-state index in [9.17, 15) is 9.59 Å². The Morgan fingerprint density at radius 2 is 1.88 bits per heavy atom. The first-order chi connectivity index (χ1) is 12.3. The normalized spacial score (nSPS) is 14.0. The summed E-state index contributed by atoms with van der Waals surface area (Å²) < 4.78 is 0. The predicted molar refractivity (Wildman–Crippen MR) is 104 cm³/mol. The predicted octanol–water partition coefficient (Wildman–Crippen LogP) is 2.03. The third-order valence-corrected chi connectivity index (χ3v) is 4.31. The summed E-state index contributed by atoms with van der Waals surface area (Å²) in [4.78, 5) is 31.1. The van der Waals surface area contributed by atoms with Gasteiger partial charge in [0.1, 0.15) is 5.82 Å². The molecule has 0 aromatic carbocycles. The van der Waals surface area contributed by atoms with E-state index < -0.39 is 0 Å². The minimum absolute atomic E-state index is 0.0440.